The Labute approximate surface area is 166 Å². The maximum Gasteiger partial charge on any atom is 0.415 e. The van der Waals surface area contributed by atoms with Crippen molar-refractivity contribution in [2.45, 2.75) is 17.1 Å². The number of rotatable bonds is 4. The van der Waals surface area contributed by atoms with Gasteiger partial charge in [-0.15, -0.1) is 11.6 Å². The van der Waals surface area contributed by atoms with Crippen LogP contribution in [0.5, 0.6) is 0 Å². The van der Waals surface area contributed by atoms with Crippen molar-refractivity contribution in [2.75, 3.05) is 0 Å². The molecular formula is C13H7BrClF3N4O6. The molecule has 0 fully saturated rings. The molecule has 0 saturated carbocycles. The minimum Gasteiger partial charge on any atom is -0.391 e. The molecule has 0 saturated heterocycles. The van der Waals surface area contributed by atoms with Crippen molar-refractivity contribution < 1.29 is 27.9 Å². The van der Waals surface area contributed by atoms with Gasteiger partial charge in [0.2, 0.25) is 0 Å². The molecule has 2 atom stereocenters. The van der Waals surface area contributed by atoms with Crippen LogP contribution in [-0.4, -0.2) is 27.0 Å². The fourth-order valence-electron chi connectivity index (χ4n) is 2.74. The van der Waals surface area contributed by atoms with E-state index in [1.807, 2.05) is 0 Å². The van der Waals surface area contributed by atoms with Gasteiger partial charge in [-0.05, 0) is 11.6 Å². The lowest BCUT2D eigenvalue weighted by molar-refractivity contribution is -0.522. The summed E-state index contributed by atoms with van der Waals surface area (Å²) in [5.74, 6) is 0. The Bertz CT molecular complexity index is 966. The number of alkyl halides is 4. The Morgan fingerprint density at radius 1 is 1.14 bits per heavy atom. The van der Waals surface area contributed by atoms with E-state index in [0.29, 0.717) is 0 Å². The third-order valence-corrected chi connectivity index (χ3v) is 5.18. The maximum absolute atomic E-state index is 13.7. The zero-order valence-corrected chi connectivity index (χ0v) is 15.5. The number of nitro benzene ring substituents is 1. The van der Waals surface area contributed by atoms with Crippen molar-refractivity contribution >= 4 is 33.2 Å². The number of non-ortho nitro benzene ring substituents is 1. The first-order valence-corrected chi connectivity index (χ1v) is 8.10. The molecule has 0 aromatic heterocycles. The Kier molecular flexibility index (Phi) is 5.40. The van der Waals surface area contributed by atoms with Crippen LogP contribution in [0.15, 0.2) is 45.7 Å². The zero-order chi connectivity index (χ0) is 21.6. The Balaban J connectivity index is 2.91. The molecule has 0 aliphatic heterocycles. The number of hydrogen-bond donors (Lipinski definition) is 1. The number of hydrogen-bond acceptors (Lipinski definition) is 7. The monoisotopic (exact) mass is 486 g/mol. The van der Waals surface area contributed by atoms with Crippen LogP contribution in [0.4, 0.5) is 18.9 Å². The zero-order valence-electron chi connectivity index (χ0n) is 13.1. The van der Waals surface area contributed by atoms with E-state index in [4.69, 9.17) is 17.3 Å². The number of benzene rings is 1. The van der Waals surface area contributed by atoms with Crippen LogP contribution in [0, 0.1) is 30.3 Å². The Hall–Kier alpha value is -2.74. The first kappa shape index (κ1) is 21.6. The summed E-state index contributed by atoms with van der Waals surface area (Å²) in [7, 11) is 0. The van der Waals surface area contributed by atoms with E-state index in [9.17, 15) is 43.5 Å². The average Bonchev–Trinajstić information content (AvgIpc) is 2.52. The largest absolute Gasteiger partial charge is 0.415 e. The predicted octanol–water partition coefficient (Wildman–Crippen LogP) is 3.39. The highest BCUT2D eigenvalue weighted by Gasteiger charge is 2.63. The Morgan fingerprint density at radius 3 is 2.11 bits per heavy atom. The highest BCUT2D eigenvalue weighted by Crippen LogP contribution is 2.54. The van der Waals surface area contributed by atoms with Crippen LogP contribution in [0.3, 0.4) is 0 Å². The lowest BCUT2D eigenvalue weighted by Crippen LogP contribution is -2.51. The van der Waals surface area contributed by atoms with Gasteiger partial charge in [0.15, 0.2) is 10.6 Å². The summed E-state index contributed by atoms with van der Waals surface area (Å²) < 4.78 is 40.7. The van der Waals surface area contributed by atoms with Crippen LogP contribution >= 0.6 is 27.5 Å². The van der Waals surface area contributed by atoms with Crippen molar-refractivity contribution in [3.63, 3.8) is 0 Å². The standard InChI is InChI=1S/C13H7BrClF3N4O6/c14-7-3-5(20(23)24)1-2-6(7)12(15)9(13(16,17)18)4-8(21(25)26)10(19)11(12)22(27)28/h1-4,11H,19H2. The summed E-state index contributed by atoms with van der Waals surface area (Å²) in [6.45, 7) is 0. The quantitative estimate of drug-likeness (QED) is 0.387. The van der Waals surface area contributed by atoms with Gasteiger partial charge in [-0.1, -0.05) is 15.9 Å². The molecule has 28 heavy (non-hydrogen) atoms. The topological polar surface area (TPSA) is 155 Å². The van der Waals surface area contributed by atoms with Gasteiger partial charge in [0, 0.05) is 27.6 Å². The molecule has 2 unspecified atom stereocenters. The minimum atomic E-state index is -5.32. The molecule has 0 amide bonds. The van der Waals surface area contributed by atoms with Gasteiger partial charge in [0.1, 0.15) is 0 Å². The second kappa shape index (κ2) is 7.01. The fraction of sp³-hybridized carbons (Fsp3) is 0.231. The van der Waals surface area contributed by atoms with Crippen LogP contribution in [-0.2, 0) is 4.87 Å². The highest BCUT2D eigenvalue weighted by molar-refractivity contribution is 9.10. The van der Waals surface area contributed by atoms with Crippen molar-refractivity contribution in [1.82, 2.24) is 0 Å². The van der Waals surface area contributed by atoms with Crippen molar-refractivity contribution in [1.29, 1.82) is 0 Å². The molecule has 1 aliphatic rings. The molecule has 0 radical (unpaired) electrons. The number of nitro groups is 3. The van der Waals surface area contributed by atoms with E-state index in [-0.39, 0.29) is 10.5 Å². The van der Waals surface area contributed by atoms with E-state index < -0.39 is 60.1 Å². The first-order chi connectivity index (χ1) is 12.7. The summed E-state index contributed by atoms with van der Waals surface area (Å²) in [6, 6.07) is -0.199. The van der Waals surface area contributed by atoms with Crippen LogP contribution in [0.1, 0.15) is 5.56 Å². The predicted molar refractivity (Wildman–Crippen MR) is 91.5 cm³/mol. The molecule has 0 bridgehead atoms. The lowest BCUT2D eigenvalue weighted by Gasteiger charge is -2.35. The lowest BCUT2D eigenvalue weighted by atomic mass is 9.78. The van der Waals surface area contributed by atoms with Gasteiger partial charge in [-0.3, -0.25) is 30.3 Å². The van der Waals surface area contributed by atoms with Gasteiger partial charge in [-0.25, -0.2) is 0 Å². The summed E-state index contributed by atoms with van der Waals surface area (Å²) in [5.41, 5.74) is 0.126. The van der Waals surface area contributed by atoms with Gasteiger partial charge in [0.05, 0.1) is 15.4 Å². The third-order valence-electron chi connectivity index (χ3n) is 3.91. The summed E-state index contributed by atoms with van der Waals surface area (Å²) >= 11 is 8.97. The van der Waals surface area contributed by atoms with Crippen LogP contribution < -0.4 is 5.73 Å². The molecule has 10 nitrogen and oxygen atoms in total. The molecule has 0 spiro atoms. The minimum absolute atomic E-state index is 0.0240. The van der Waals surface area contributed by atoms with Gasteiger partial charge < -0.3 is 5.73 Å². The summed E-state index contributed by atoms with van der Waals surface area (Å²) in [5, 5.41) is 33.4. The SMILES string of the molecule is NC1=C([N+](=O)[O-])C=C(C(F)(F)F)C(Cl)(c2ccc([N+](=O)[O-])cc2Br)C1[N+](=O)[O-]. The normalized spacial score (nSPS) is 22.6. The third kappa shape index (κ3) is 3.40. The molecular weight excluding hydrogens is 481 g/mol. The molecule has 15 heteroatoms. The number of nitrogens with zero attached hydrogens (tertiary/aromatic N) is 3. The van der Waals surface area contributed by atoms with E-state index >= 15 is 0 Å². The van der Waals surface area contributed by atoms with Crippen LogP contribution in [0.2, 0.25) is 0 Å². The van der Waals surface area contributed by atoms with Gasteiger partial charge in [0.25, 0.3) is 17.4 Å². The van der Waals surface area contributed by atoms with Gasteiger partial charge in [-0.2, -0.15) is 13.2 Å². The van der Waals surface area contributed by atoms with E-state index in [2.05, 4.69) is 15.9 Å². The molecule has 150 valence electrons. The first-order valence-electron chi connectivity index (χ1n) is 6.93. The molecule has 1 aromatic rings. The fourth-order valence-corrected chi connectivity index (χ4v) is 4.05. The van der Waals surface area contributed by atoms with Crippen molar-refractivity contribution in [2.24, 2.45) is 5.73 Å². The average molecular weight is 488 g/mol. The molecule has 0 heterocycles. The maximum atomic E-state index is 13.7. The van der Waals surface area contributed by atoms with Crippen molar-refractivity contribution in [3.05, 3.63) is 81.6 Å². The van der Waals surface area contributed by atoms with Crippen LogP contribution in [0.25, 0.3) is 0 Å². The van der Waals surface area contributed by atoms with E-state index in [1.54, 1.807) is 0 Å². The second-order valence-corrected chi connectivity index (χ2v) is 6.92. The number of halogens is 5. The molecule has 2 rings (SSSR count). The Morgan fingerprint density at radius 2 is 1.71 bits per heavy atom. The summed E-state index contributed by atoms with van der Waals surface area (Å²) in [4.78, 5) is 27.0. The molecule has 1 aromatic carbocycles. The molecule has 2 N–H and O–H groups in total. The van der Waals surface area contributed by atoms with Gasteiger partial charge >= 0.3 is 6.18 Å². The number of allylic oxidation sites excluding steroid dienone is 1. The second-order valence-electron chi connectivity index (χ2n) is 5.47. The van der Waals surface area contributed by atoms with Crippen molar-refractivity contribution in [3.8, 4) is 0 Å². The smallest absolute Gasteiger partial charge is 0.391 e. The summed E-state index contributed by atoms with van der Waals surface area (Å²) in [6.07, 6.45) is -5.30. The van der Waals surface area contributed by atoms with E-state index in [0.717, 1.165) is 18.2 Å². The highest BCUT2D eigenvalue weighted by atomic mass is 79.9. The molecule has 1 aliphatic carbocycles. The van der Waals surface area contributed by atoms with E-state index in [1.165, 1.54) is 0 Å². The number of nitrogens with two attached hydrogens (primary N) is 1.